The monoisotopic (exact) mass is 492 g/mol. The number of methoxy groups -OCH3 is 1. The number of alkyl carbamates (subject to hydrolysis) is 1. The van der Waals surface area contributed by atoms with Crippen LogP contribution >= 0.6 is 0 Å². The van der Waals surface area contributed by atoms with E-state index < -0.39 is 41.8 Å². The molecule has 1 aliphatic carbocycles. The average Bonchev–Trinajstić information content (AvgIpc) is 3.54. The zero-order chi connectivity index (χ0) is 26.0. The molecule has 2 fully saturated rings. The number of aliphatic hydroxyl groups is 2. The van der Waals surface area contributed by atoms with Gasteiger partial charge in [-0.1, -0.05) is 13.0 Å². The number of aliphatic hydroxyl groups excluding tert-OH is 2. The van der Waals surface area contributed by atoms with Gasteiger partial charge in [0.25, 0.3) is 0 Å². The highest BCUT2D eigenvalue weighted by atomic mass is 16.6. The fourth-order valence-electron chi connectivity index (χ4n) is 4.46. The van der Waals surface area contributed by atoms with Gasteiger partial charge in [0.15, 0.2) is 11.5 Å². The van der Waals surface area contributed by atoms with Gasteiger partial charge < -0.3 is 34.6 Å². The normalized spacial score (nSPS) is 24.0. The molecule has 9 nitrogen and oxygen atoms in total. The number of hydrogen-bond acceptors (Lipinski definition) is 7. The van der Waals surface area contributed by atoms with Crippen molar-refractivity contribution in [3.8, 4) is 11.5 Å². The highest BCUT2D eigenvalue weighted by Crippen LogP contribution is 2.47. The quantitative estimate of drug-likeness (QED) is 0.485. The van der Waals surface area contributed by atoms with E-state index in [-0.39, 0.29) is 12.5 Å². The molecule has 2 aliphatic rings. The second kappa shape index (κ2) is 10.6. The van der Waals surface area contributed by atoms with E-state index in [0.717, 1.165) is 5.56 Å². The molecular formula is C26H40N2O7. The van der Waals surface area contributed by atoms with Crippen molar-refractivity contribution < 1.29 is 34.0 Å². The molecule has 1 saturated carbocycles. The van der Waals surface area contributed by atoms with Crippen LogP contribution in [-0.2, 0) is 9.53 Å². The Balaban J connectivity index is 1.81. The van der Waals surface area contributed by atoms with Crippen LogP contribution in [0.5, 0.6) is 11.5 Å². The van der Waals surface area contributed by atoms with Crippen LogP contribution in [0.4, 0.5) is 4.79 Å². The number of carbonyl (C=O) groups excluding carboxylic acids is 2. The lowest BCUT2D eigenvalue weighted by Gasteiger charge is -2.34. The molecule has 35 heavy (non-hydrogen) atoms. The minimum atomic E-state index is -1.14. The van der Waals surface area contributed by atoms with Gasteiger partial charge in [0, 0.05) is 24.4 Å². The fourth-order valence-corrected chi connectivity index (χ4v) is 4.46. The zero-order valence-electron chi connectivity index (χ0n) is 21.7. The molecular weight excluding hydrogens is 452 g/mol. The lowest BCUT2D eigenvalue weighted by atomic mass is 9.72. The van der Waals surface area contributed by atoms with Crippen LogP contribution in [-0.4, -0.2) is 78.3 Å². The molecule has 0 bridgehead atoms. The molecule has 196 valence electrons. The SMILES string of the molecule is COc1ccc([C@@H]2CN(C(=O)[C@@H](CO)NC(=O)OC(C)(C)C)C[C@]2(C)[C@@H](C)O)cc1OCC1CC1. The number of ether oxygens (including phenoxy) is 3. The third-order valence-corrected chi connectivity index (χ3v) is 6.93. The van der Waals surface area contributed by atoms with Crippen molar-refractivity contribution in [1.82, 2.24) is 10.2 Å². The van der Waals surface area contributed by atoms with Gasteiger partial charge in [-0.25, -0.2) is 4.79 Å². The summed E-state index contributed by atoms with van der Waals surface area (Å²) in [6, 6.07) is 4.58. The Kier molecular flexibility index (Phi) is 8.21. The van der Waals surface area contributed by atoms with E-state index in [2.05, 4.69) is 5.32 Å². The van der Waals surface area contributed by atoms with Gasteiger partial charge in [0.1, 0.15) is 11.6 Å². The smallest absolute Gasteiger partial charge is 0.408 e. The van der Waals surface area contributed by atoms with Crippen LogP contribution in [0, 0.1) is 11.3 Å². The van der Waals surface area contributed by atoms with Crippen LogP contribution in [0.2, 0.25) is 0 Å². The van der Waals surface area contributed by atoms with Crippen LogP contribution < -0.4 is 14.8 Å². The Morgan fingerprint density at radius 2 is 1.94 bits per heavy atom. The molecule has 9 heteroatoms. The lowest BCUT2D eigenvalue weighted by molar-refractivity contribution is -0.134. The summed E-state index contributed by atoms with van der Waals surface area (Å²) in [5.74, 6) is 1.25. The van der Waals surface area contributed by atoms with E-state index in [4.69, 9.17) is 14.2 Å². The van der Waals surface area contributed by atoms with Crippen LogP contribution in [0.1, 0.15) is 58.9 Å². The molecule has 1 aromatic rings. The lowest BCUT2D eigenvalue weighted by Crippen LogP contribution is -2.51. The van der Waals surface area contributed by atoms with Gasteiger partial charge >= 0.3 is 6.09 Å². The molecule has 0 unspecified atom stereocenters. The van der Waals surface area contributed by atoms with Crippen LogP contribution in [0.15, 0.2) is 18.2 Å². The van der Waals surface area contributed by atoms with Gasteiger partial charge in [-0.3, -0.25) is 4.79 Å². The molecule has 1 saturated heterocycles. The van der Waals surface area contributed by atoms with Crippen molar-refractivity contribution in [1.29, 1.82) is 0 Å². The highest BCUT2D eigenvalue weighted by molar-refractivity contribution is 5.86. The highest BCUT2D eigenvalue weighted by Gasteiger charge is 2.49. The molecule has 4 atom stereocenters. The maximum absolute atomic E-state index is 13.3. The standard InChI is InChI=1S/C26H40N2O7/c1-16(30)26(5)15-28(23(31)20(13-29)27-24(32)35-25(2,3)4)12-19(26)18-9-10-21(33-6)22(11-18)34-14-17-7-8-17/h9-11,16-17,19-20,29-30H,7-8,12-15H2,1-6H3,(H,27,32)/t16-,19+,20-,26-/m1/s1. The number of rotatable bonds is 9. The average molecular weight is 493 g/mol. The van der Waals surface area contributed by atoms with Crippen molar-refractivity contribution >= 4 is 12.0 Å². The number of carbonyl (C=O) groups is 2. The summed E-state index contributed by atoms with van der Waals surface area (Å²) in [7, 11) is 1.60. The Bertz CT molecular complexity index is 909. The zero-order valence-corrected chi connectivity index (χ0v) is 21.7. The Morgan fingerprint density at radius 3 is 2.49 bits per heavy atom. The number of benzene rings is 1. The minimum absolute atomic E-state index is 0.193. The van der Waals surface area contributed by atoms with Crippen molar-refractivity contribution in [2.24, 2.45) is 11.3 Å². The van der Waals surface area contributed by atoms with E-state index in [1.807, 2.05) is 25.1 Å². The molecule has 1 heterocycles. The van der Waals surface area contributed by atoms with Crippen LogP contribution in [0.25, 0.3) is 0 Å². The largest absolute Gasteiger partial charge is 0.493 e. The second-order valence-electron chi connectivity index (χ2n) is 11.0. The Labute approximate surface area is 207 Å². The number of amides is 2. The summed E-state index contributed by atoms with van der Waals surface area (Å²) >= 11 is 0. The molecule has 1 aromatic carbocycles. The number of hydrogen-bond donors (Lipinski definition) is 3. The molecule has 1 aliphatic heterocycles. The van der Waals surface area contributed by atoms with E-state index in [1.54, 1.807) is 39.7 Å². The fraction of sp³-hybridized carbons (Fsp3) is 0.692. The van der Waals surface area contributed by atoms with E-state index in [1.165, 1.54) is 12.8 Å². The van der Waals surface area contributed by atoms with Gasteiger partial charge in [-0.05, 0) is 64.2 Å². The van der Waals surface area contributed by atoms with Crippen molar-refractivity contribution in [3.05, 3.63) is 23.8 Å². The van der Waals surface area contributed by atoms with E-state index in [0.29, 0.717) is 30.6 Å². The maximum atomic E-state index is 13.3. The third kappa shape index (κ3) is 6.58. The van der Waals surface area contributed by atoms with Gasteiger partial charge in [-0.2, -0.15) is 0 Å². The van der Waals surface area contributed by atoms with E-state index in [9.17, 15) is 19.8 Å². The number of nitrogens with zero attached hydrogens (tertiary/aromatic N) is 1. The first kappa shape index (κ1) is 27.1. The summed E-state index contributed by atoms with van der Waals surface area (Å²) in [5, 5.41) is 23.0. The van der Waals surface area contributed by atoms with Gasteiger partial charge in [0.2, 0.25) is 5.91 Å². The second-order valence-corrected chi connectivity index (χ2v) is 11.0. The summed E-state index contributed by atoms with van der Waals surface area (Å²) in [5.41, 5.74) is -0.454. The maximum Gasteiger partial charge on any atom is 0.408 e. The van der Waals surface area contributed by atoms with Gasteiger partial charge in [-0.15, -0.1) is 0 Å². The first-order chi connectivity index (χ1) is 16.4. The topological polar surface area (TPSA) is 118 Å². The molecule has 0 radical (unpaired) electrons. The molecule has 2 amide bonds. The minimum Gasteiger partial charge on any atom is -0.493 e. The predicted molar refractivity (Wildman–Crippen MR) is 131 cm³/mol. The molecule has 3 rings (SSSR count). The first-order valence-electron chi connectivity index (χ1n) is 12.3. The van der Waals surface area contributed by atoms with Crippen molar-refractivity contribution in [3.63, 3.8) is 0 Å². The molecule has 0 spiro atoms. The summed E-state index contributed by atoms with van der Waals surface area (Å²) < 4.78 is 16.7. The molecule has 0 aromatic heterocycles. The van der Waals surface area contributed by atoms with Crippen molar-refractivity contribution in [2.45, 2.75) is 71.1 Å². The first-order valence-corrected chi connectivity index (χ1v) is 12.3. The van der Waals surface area contributed by atoms with E-state index >= 15 is 0 Å². The summed E-state index contributed by atoms with van der Waals surface area (Å²) in [6.45, 7) is 9.49. The molecule has 3 N–H and O–H groups in total. The number of likely N-dealkylation sites (tertiary alicyclic amines) is 1. The third-order valence-electron chi connectivity index (χ3n) is 6.93. The van der Waals surface area contributed by atoms with Crippen molar-refractivity contribution in [2.75, 3.05) is 33.4 Å². The summed E-state index contributed by atoms with van der Waals surface area (Å²) in [4.78, 5) is 27.1. The van der Waals surface area contributed by atoms with Crippen LogP contribution in [0.3, 0.4) is 0 Å². The number of nitrogens with one attached hydrogen (secondary N) is 1. The Morgan fingerprint density at radius 1 is 1.26 bits per heavy atom. The summed E-state index contributed by atoms with van der Waals surface area (Å²) in [6.07, 6.45) is 0.859. The Hall–Kier alpha value is -2.52. The predicted octanol–water partition coefficient (Wildman–Crippen LogP) is 2.68. The van der Waals surface area contributed by atoms with Gasteiger partial charge in [0.05, 0.1) is 26.4 Å².